The SMILES string of the molecule is Cn1c(C(F)(F)F)cc(=O)n(-c2cc(Cl)c(-n3cccc3)c(Cl)c2)c1=O. The van der Waals surface area contributed by atoms with Gasteiger partial charge in [0.15, 0.2) is 0 Å². The quantitative estimate of drug-likeness (QED) is 0.655. The first-order valence-electron chi connectivity index (χ1n) is 7.14. The molecule has 3 aromatic rings. The fourth-order valence-electron chi connectivity index (χ4n) is 2.55. The summed E-state index contributed by atoms with van der Waals surface area (Å²) >= 11 is 12.4. The summed E-state index contributed by atoms with van der Waals surface area (Å²) in [5.74, 6) is 0. The van der Waals surface area contributed by atoms with Crippen molar-refractivity contribution < 1.29 is 13.2 Å². The molecule has 2 aromatic heterocycles. The normalized spacial score (nSPS) is 11.8. The molecule has 0 aliphatic rings. The molecule has 5 nitrogen and oxygen atoms in total. The molecule has 0 N–H and O–H groups in total. The molecule has 1 aromatic carbocycles. The highest BCUT2D eigenvalue weighted by atomic mass is 35.5. The number of benzene rings is 1. The third-order valence-corrected chi connectivity index (χ3v) is 4.31. The molecule has 0 spiro atoms. The second-order valence-electron chi connectivity index (χ2n) is 5.39. The van der Waals surface area contributed by atoms with E-state index in [1.54, 1.807) is 29.1 Å². The summed E-state index contributed by atoms with van der Waals surface area (Å²) in [7, 11) is 0.929. The molecule has 0 aliphatic carbocycles. The fourth-order valence-corrected chi connectivity index (χ4v) is 3.22. The molecule has 0 fully saturated rings. The van der Waals surface area contributed by atoms with Crippen molar-refractivity contribution in [3.8, 4) is 11.4 Å². The van der Waals surface area contributed by atoms with Crippen LogP contribution in [-0.2, 0) is 13.2 Å². The first kappa shape index (κ1) is 18.3. The summed E-state index contributed by atoms with van der Waals surface area (Å²) in [4.78, 5) is 24.5. The van der Waals surface area contributed by atoms with Gasteiger partial charge >= 0.3 is 11.9 Å². The van der Waals surface area contributed by atoms with Crippen LogP contribution in [0.4, 0.5) is 13.2 Å². The minimum atomic E-state index is -4.83. The molecule has 10 heteroatoms. The lowest BCUT2D eigenvalue weighted by molar-refractivity contribution is -0.144. The highest BCUT2D eigenvalue weighted by Crippen LogP contribution is 2.31. The summed E-state index contributed by atoms with van der Waals surface area (Å²) in [6, 6.07) is 6.42. The topological polar surface area (TPSA) is 48.9 Å². The van der Waals surface area contributed by atoms with E-state index in [1.165, 1.54) is 12.1 Å². The predicted molar refractivity (Wildman–Crippen MR) is 91.6 cm³/mol. The van der Waals surface area contributed by atoms with Gasteiger partial charge in [0, 0.05) is 25.5 Å². The molecule has 0 amide bonds. The van der Waals surface area contributed by atoms with Crippen molar-refractivity contribution in [2.75, 3.05) is 0 Å². The zero-order valence-corrected chi connectivity index (χ0v) is 14.6. The molecule has 136 valence electrons. The predicted octanol–water partition coefficient (Wildman–Crippen LogP) is 3.65. The summed E-state index contributed by atoms with van der Waals surface area (Å²) < 4.78 is 41.3. The van der Waals surface area contributed by atoms with Gasteiger partial charge in [-0.3, -0.25) is 9.36 Å². The molecule has 0 saturated heterocycles. The largest absolute Gasteiger partial charge is 0.431 e. The number of aromatic nitrogens is 3. The third kappa shape index (κ3) is 3.06. The van der Waals surface area contributed by atoms with Crippen molar-refractivity contribution in [1.82, 2.24) is 13.7 Å². The molecule has 0 radical (unpaired) electrons. The minimum absolute atomic E-state index is 0.0322. The van der Waals surface area contributed by atoms with Gasteiger partial charge in [0.2, 0.25) is 0 Å². The van der Waals surface area contributed by atoms with Crippen LogP contribution >= 0.6 is 23.2 Å². The molecule has 26 heavy (non-hydrogen) atoms. The Hall–Kier alpha value is -2.45. The number of rotatable bonds is 2. The van der Waals surface area contributed by atoms with Crippen LogP contribution < -0.4 is 11.2 Å². The Bertz CT molecular complexity index is 1080. The van der Waals surface area contributed by atoms with Crippen LogP contribution in [-0.4, -0.2) is 13.7 Å². The zero-order chi connectivity index (χ0) is 19.2. The van der Waals surface area contributed by atoms with Gasteiger partial charge in [-0.1, -0.05) is 23.2 Å². The maximum atomic E-state index is 12.9. The first-order valence-corrected chi connectivity index (χ1v) is 7.90. The number of alkyl halides is 3. The van der Waals surface area contributed by atoms with Gasteiger partial charge in [-0.25, -0.2) is 9.36 Å². The van der Waals surface area contributed by atoms with Crippen LogP contribution in [0.5, 0.6) is 0 Å². The van der Waals surface area contributed by atoms with Crippen molar-refractivity contribution in [1.29, 1.82) is 0 Å². The van der Waals surface area contributed by atoms with Crippen molar-refractivity contribution in [3.63, 3.8) is 0 Å². The van der Waals surface area contributed by atoms with Gasteiger partial charge < -0.3 is 4.57 Å². The van der Waals surface area contributed by atoms with Crippen LogP contribution in [0.3, 0.4) is 0 Å². The number of hydrogen-bond acceptors (Lipinski definition) is 2. The molecular formula is C16H10Cl2F3N3O2. The van der Waals surface area contributed by atoms with E-state index in [9.17, 15) is 22.8 Å². The molecule has 0 atom stereocenters. The van der Waals surface area contributed by atoms with E-state index >= 15 is 0 Å². The van der Waals surface area contributed by atoms with Crippen molar-refractivity contribution in [2.45, 2.75) is 6.18 Å². The lowest BCUT2D eigenvalue weighted by Crippen LogP contribution is -2.40. The van der Waals surface area contributed by atoms with Gasteiger partial charge in [-0.05, 0) is 24.3 Å². The zero-order valence-electron chi connectivity index (χ0n) is 13.1. The highest BCUT2D eigenvalue weighted by Gasteiger charge is 2.35. The Balaban J connectivity index is 2.25. The molecule has 2 heterocycles. The average Bonchev–Trinajstić information content (AvgIpc) is 3.03. The van der Waals surface area contributed by atoms with Gasteiger partial charge in [-0.15, -0.1) is 0 Å². The van der Waals surface area contributed by atoms with E-state index in [4.69, 9.17) is 23.2 Å². The monoisotopic (exact) mass is 403 g/mol. The molecule has 0 saturated carbocycles. The van der Waals surface area contributed by atoms with Gasteiger partial charge in [-0.2, -0.15) is 13.2 Å². The Morgan fingerprint density at radius 2 is 1.50 bits per heavy atom. The first-order chi connectivity index (χ1) is 12.1. The fraction of sp³-hybridized carbons (Fsp3) is 0.125. The van der Waals surface area contributed by atoms with Crippen LogP contribution in [0.25, 0.3) is 11.4 Å². The molecule has 0 unspecified atom stereocenters. The second-order valence-corrected chi connectivity index (χ2v) is 6.21. The molecule has 3 rings (SSSR count). The van der Waals surface area contributed by atoms with Crippen molar-refractivity contribution >= 4 is 23.2 Å². The van der Waals surface area contributed by atoms with Crippen LogP contribution in [0.1, 0.15) is 5.69 Å². The van der Waals surface area contributed by atoms with Gasteiger partial charge in [0.25, 0.3) is 5.56 Å². The second kappa shape index (κ2) is 6.37. The number of nitrogens with zero attached hydrogens (tertiary/aromatic N) is 3. The smallest absolute Gasteiger partial charge is 0.321 e. The Morgan fingerprint density at radius 3 is 2.00 bits per heavy atom. The summed E-state index contributed by atoms with van der Waals surface area (Å²) in [6.45, 7) is 0. The third-order valence-electron chi connectivity index (χ3n) is 3.73. The summed E-state index contributed by atoms with van der Waals surface area (Å²) in [5, 5.41) is 0.245. The highest BCUT2D eigenvalue weighted by molar-refractivity contribution is 6.38. The molecule has 0 aliphatic heterocycles. The van der Waals surface area contributed by atoms with Crippen LogP contribution in [0.15, 0.2) is 52.3 Å². The maximum Gasteiger partial charge on any atom is 0.431 e. The van der Waals surface area contributed by atoms with Gasteiger partial charge in [0.05, 0.1) is 21.4 Å². The lowest BCUT2D eigenvalue weighted by Gasteiger charge is -2.15. The summed E-state index contributed by atoms with van der Waals surface area (Å²) in [6.07, 6.45) is -1.45. The van der Waals surface area contributed by atoms with Gasteiger partial charge in [0.1, 0.15) is 5.69 Å². The van der Waals surface area contributed by atoms with Crippen LogP contribution in [0, 0.1) is 0 Å². The average molecular weight is 404 g/mol. The van der Waals surface area contributed by atoms with Crippen LogP contribution in [0.2, 0.25) is 10.0 Å². The van der Waals surface area contributed by atoms with E-state index < -0.39 is 23.1 Å². The minimum Gasteiger partial charge on any atom is -0.321 e. The number of hydrogen-bond donors (Lipinski definition) is 0. The van der Waals surface area contributed by atoms with E-state index in [0.717, 1.165) is 7.05 Å². The van der Waals surface area contributed by atoms with E-state index in [-0.39, 0.29) is 15.7 Å². The molecular weight excluding hydrogens is 394 g/mol. The Labute approximate surface area is 154 Å². The lowest BCUT2D eigenvalue weighted by atomic mass is 10.2. The Morgan fingerprint density at radius 1 is 0.962 bits per heavy atom. The number of halogens is 5. The Kier molecular flexibility index (Phi) is 4.49. The maximum absolute atomic E-state index is 12.9. The standard InChI is InChI=1S/C16H10Cl2F3N3O2/c1-22-12(16(19,20)21)8-13(25)24(15(22)26)9-6-10(17)14(11(18)7-9)23-4-2-3-5-23/h2-8H,1H3. The van der Waals surface area contributed by atoms with Crippen molar-refractivity contribution in [2.24, 2.45) is 7.05 Å². The van der Waals surface area contributed by atoms with E-state index in [2.05, 4.69) is 0 Å². The summed E-state index contributed by atoms with van der Waals surface area (Å²) in [5.41, 5.74) is -3.26. The van der Waals surface area contributed by atoms with E-state index in [1.807, 2.05) is 0 Å². The molecule has 0 bridgehead atoms. The van der Waals surface area contributed by atoms with E-state index in [0.29, 0.717) is 20.9 Å². The van der Waals surface area contributed by atoms with Crippen molar-refractivity contribution in [3.05, 3.63) is 79.3 Å².